The monoisotopic (exact) mass is 281 g/mol. The Morgan fingerprint density at radius 3 is 2.62 bits per heavy atom. The van der Waals surface area contributed by atoms with E-state index in [1.165, 1.54) is 0 Å². The van der Waals surface area contributed by atoms with E-state index in [1.54, 1.807) is 7.11 Å². The van der Waals surface area contributed by atoms with E-state index in [9.17, 15) is 0 Å². The van der Waals surface area contributed by atoms with Crippen molar-refractivity contribution in [3.05, 3.63) is 48.3 Å². The molecule has 3 rings (SSSR count). The smallest absolute Gasteiger partial charge is 0.142 e. The Morgan fingerprint density at radius 1 is 1.14 bits per heavy atom. The lowest BCUT2D eigenvalue weighted by Gasteiger charge is -2.14. The zero-order valence-corrected chi connectivity index (χ0v) is 12.5. The summed E-state index contributed by atoms with van der Waals surface area (Å²) < 4.78 is 7.65. The number of benzene rings is 2. The van der Waals surface area contributed by atoms with Crippen LogP contribution in [0.2, 0.25) is 0 Å². The maximum Gasteiger partial charge on any atom is 0.142 e. The third-order valence-corrected chi connectivity index (χ3v) is 3.55. The van der Waals surface area contributed by atoms with Gasteiger partial charge in [-0.1, -0.05) is 26.0 Å². The van der Waals surface area contributed by atoms with Crippen molar-refractivity contribution >= 4 is 16.7 Å². The number of nitrogens with two attached hydrogens (primary N) is 1. The number of nitrogens with zero attached hydrogens (tertiary/aromatic N) is 2. The molecule has 0 aliphatic heterocycles. The van der Waals surface area contributed by atoms with E-state index in [-0.39, 0.29) is 0 Å². The zero-order valence-electron chi connectivity index (χ0n) is 12.5. The minimum atomic E-state index is 0.295. The van der Waals surface area contributed by atoms with Crippen molar-refractivity contribution in [1.29, 1.82) is 0 Å². The lowest BCUT2D eigenvalue weighted by Crippen LogP contribution is -2.04. The van der Waals surface area contributed by atoms with Gasteiger partial charge in [0, 0.05) is 11.6 Å². The number of rotatable bonds is 3. The van der Waals surface area contributed by atoms with Gasteiger partial charge in [0.2, 0.25) is 0 Å². The van der Waals surface area contributed by atoms with Crippen LogP contribution in [0.15, 0.2) is 42.5 Å². The number of ether oxygens (including phenoxy) is 1. The first-order valence-electron chi connectivity index (χ1n) is 7.03. The van der Waals surface area contributed by atoms with E-state index < -0.39 is 0 Å². The number of nitrogen functional groups attached to an aromatic ring is 1. The van der Waals surface area contributed by atoms with Gasteiger partial charge in [0.1, 0.15) is 11.6 Å². The summed E-state index contributed by atoms with van der Waals surface area (Å²) in [6.45, 7) is 4.27. The van der Waals surface area contributed by atoms with E-state index in [2.05, 4.69) is 18.4 Å². The van der Waals surface area contributed by atoms with E-state index in [4.69, 9.17) is 15.5 Å². The molecule has 2 aromatic carbocycles. The molecule has 3 aromatic rings. The van der Waals surface area contributed by atoms with Crippen molar-refractivity contribution in [1.82, 2.24) is 9.55 Å². The van der Waals surface area contributed by atoms with Gasteiger partial charge in [-0.15, -0.1) is 0 Å². The summed E-state index contributed by atoms with van der Waals surface area (Å²) in [5.74, 6) is 2.12. The minimum Gasteiger partial charge on any atom is -0.495 e. The first-order valence-corrected chi connectivity index (χ1v) is 7.03. The lowest BCUT2D eigenvalue weighted by molar-refractivity contribution is 0.412. The summed E-state index contributed by atoms with van der Waals surface area (Å²) in [7, 11) is 1.69. The van der Waals surface area contributed by atoms with E-state index >= 15 is 0 Å². The van der Waals surface area contributed by atoms with Crippen LogP contribution in [-0.2, 0) is 0 Å². The molecule has 0 amide bonds. The first-order chi connectivity index (χ1) is 10.1. The molecule has 0 radical (unpaired) electrons. The summed E-state index contributed by atoms with van der Waals surface area (Å²) in [5, 5.41) is 0. The van der Waals surface area contributed by atoms with Crippen LogP contribution in [0.25, 0.3) is 16.7 Å². The van der Waals surface area contributed by atoms with Crippen molar-refractivity contribution in [3.8, 4) is 11.4 Å². The average molecular weight is 281 g/mol. The maximum absolute atomic E-state index is 5.88. The quantitative estimate of drug-likeness (QED) is 0.744. The first kappa shape index (κ1) is 13.5. The normalized spacial score (nSPS) is 11.2. The van der Waals surface area contributed by atoms with Gasteiger partial charge in [-0.25, -0.2) is 4.98 Å². The van der Waals surface area contributed by atoms with Gasteiger partial charge in [-0.3, -0.25) is 4.57 Å². The fourth-order valence-electron chi connectivity index (χ4n) is 2.57. The average Bonchev–Trinajstić information content (AvgIpc) is 2.85. The highest BCUT2D eigenvalue weighted by Crippen LogP contribution is 2.31. The highest BCUT2D eigenvalue weighted by molar-refractivity contribution is 5.82. The molecule has 0 bridgehead atoms. The van der Waals surface area contributed by atoms with E-state index in [0.717, 1.165) is 34.0 Å². The van der Waals surface area contributed by atoms with Gasteiger partial charge in [0.05, 0.1) is 23.8 Å². The van der Waals surface area contributed by atoms with Gasteiger partial charge in [-0.05, 0) is 30.3 Å². The summed E-state index contributed by atoms with van der Waals surface area (Å²) in [6, 6.07) is 13.8. The fourth-order valence-corrected chi connectivity index (χ4v) is 2.57. The molecule has 0 aliphatic carbocycles. The Morgan fingerprint density at radius 2 is 1.90 bits per heavy atom. The number of anilines is 1. The number of hydrogen-bond acceptors (Lipinski definition) is 3. The SMILES string of the molecule is COc1ccccc1-n1c(C(C)C)nc2cc(N)ccc21. The minimum absolute atomic E-state index is 0.295. The Labute approximate surface area is 124 Å². The molecule has 0 saturated heterocycles. The van der Waals surface area contributed by atoms with Crippen molar-refractivity contribution in [2.75, 3.05) is 12.8 Å². The van der Waals surface area contributed by atoms with Gasteiger partial charge in [-0.2, -0.15) is 0 Å². The topological polar surface area (TPSA) is 53.1 Å². The third kappa shape index (κ3) is 2.23. The summed E-state index contributed by atoms with van der Waals surface area (Å²) in [5.41, 5.74) is 9.55. The molecular formula is C17H19N3O. The van der Waals surface area contributed by atoms with Crippen LogP contribution in [-0.4, -0.2) is 16.7 Å². The highest BCUT2D eigenvalue weighted by Gasteiger charge is 2.17. The number of aromatic nitrogens is 2. The van der Waals surface area contributed by atoms with Crippen LogP contribution >= 0.6 is 0 Å². The molecule has 0 aliphatic rings. The van der Waals surface area contributed by atoms with Gasteiger partial charge in [0.25, 0.3) is 0 Å². The molecule has 21 heavy (non-hydrogen) atoms. The zero-order chi connectivity index (χ0) is 15.0. The number of para-hydroxylation sites is 2. The van der Waals surface area contributed by atoms with Crippen LogP contribution in [0.5, 0.6) is 5.75 Å². The predicted molar refractivity (Wildman–Crippen MR) is 86.1 cm³/mol. The van der Waals surface area contributed by atoms with Gasteiger partial charge < -0.3 is 10.5 Å². The predicted octanol–water partition coefficient (Wildman–Crippen LogP) is 3.74. The third-order valence-electron chi connectivity index (χ3n) is 3.55. The molecule has 0 atom stereocenters. The molecule has 0 unspecified atom stereocenters. The van der Waals surface area contributed by atoms with Crippen LogP contribution in [0.4, 0.5) is 5.69 Å². The molecule has 0 spiro atoms. The number of fused-ring (bicyclic) bond motifs is 1. The van der Waals surface area contributed by atoms with Crippen LogP contribution in [0.1, 0.15) is 25.6 Å². The molecule has 4 heteroatoms. The van der Waals surface area contributed by atoms with Crippen molar-refractivity contribution in [3.63, 3.8) is 0 Å². The summed E-state index contributed by atoms with van der Waals surface area (Å²) in [6.07, 6.45) is 0. The number of imidazole rings is 1. The van der Waals surface area contributed by atoms with E-state index in [0.29, 0.717) is 5.92 Å². The van der Waals surface area contributed by atoms with Gasteiger partial charge in [0.15, 0.2) is 0 Å². The molecule has 0 fully saturated rings. The standard InChI is InChI=1S/C17H19N3O/c1-11(2)17-19-13-10-12(18)8-9-14(13)20(17)15-6-4-5-7-16(15)21-3/h4-11H,18H2,1-3H3. The number of hydrogen-bond donors (Lipinski definition) is 1. The van der Waals surface area contributed by atoms with Crippen molar-refractivity contribution in [2.24, 2.45) is 0 Å². The lowest BCUT2D eigenvalue weighted by atomic mass is 10.2. The Kier molecular flexibility index (Phi) is 3.29. The highest BCUT2D eigenvalue weighted by atomic mass is 16.5. The largest absolute Gasteiger partial charge is 0.495 e. The maximum atomic E-state index is 5.88. The summed E-state index contributed by atoms with van der Waals surface area (Å²) >= 11 is 0. The Bertz CT molecular complexity index is 790. The second kappa shape index (κ2) is 5.13. The molecule has 4 nitrogen and oxygen atoms in total. The number of methoxy groups -OCH3 is 1. The van der Waals surface area contributed by atoms with Crippen molar-refractivity contribution in [2.45, 2.75) is 19.8 Å². The van der Waals surface area contributed by atoms with E-state index in [1.807, 2.05) is 42.5 Å². The second-order valence-electron chi connectivity index (χ2n) is 5.38. The fraction of sp³-hybridized carbons (Fsp3) is 0.235. The molecule has 1 aromatic heterocycles. The van der Waals surface area contributed by atoms with Crippen LogP contribution in [0, 0.1) is 0 Å². The molecule has 0 saturated carbocycles. The van der Waals surface area contributed by atoms with Crippen LogP contribution < -0.4 is 10.5 Å². The van der Waals surface area contributed by atoms with Crippen molar-refractivity contribution < 1.29 is 4.74 Å². The molecule has 108 valence electrons. The summed E-state index contributed by atoms with van der Waals surface area (Å²) in [4.78, 5) is 4.75. The Hall–Kier alpha value is -2.49. The second-order valence-corrected chi connectivity index (χ2v) is 5.38. The molecule has 1 heterocycles. The Balaban J connectivity index is 2.37. The molecular weight excluding hydrogens is 262 g/mol. The van der Waals surface area contributed by atoms with Crippen LogP contribution in [0.3, 0.4) is 0 Å². The molecule has 2 N–H and O–H groups in total. The van der Waals surface area contributed by atoms with Gasteiger partial charge >= 0.3 is 0 Å².